The Morgan fingerprint density at radius 1 is 1.03 bits per heavy atom. The summed E-state index contributed by atoms with van der Waals surface area (Å²) in [5, 5.41) is 3.57. The monoisotopic (exact) mass is 515 g/mol. The molecule has 0 spiro atoms. The molecule has 0 aliphatic rings. The Bertz CT molecular complexity index is 1300. The number of thioether (sulfide) groups is 1. The maximum Gasteiger partial charge on any atom is 0.287 e. The second-order valence-electron chi connectivity index (χ2n) is 9.87. The number of aromatic nitrogens is 3. The molecule has 7 nitrogen and oxygen atoms in total. The van der Waals surface area contributed by atoms with Crippen molar-refractivity contribution in [3.63, 3.8) is 0 Å². The van der Waals surface area contributed by atoms with Crippen molar-refractivity contribution in [2.45, 2.75) is 50.1 Å². The number of nitrogens with one attached hydrogen (secondary N) is 1. The van der Waals surface area contributed by atoms with Gasteiger partial charge in [0.2, 0.25) is 0 Å². The molecule has 0 saturated carbocycles. The van der Waals surface area contributed by atoms with E-state index in [1.165, 1.54) is 17.3 Å². The molecule has 1 aromatic carbocycles. The number of furan rings is 1. The molecular weight excluding hydrogens is 482 g/mol. The van der Waals surface area contributed by atoms with Crippen molar-refractivity contribution in [1.82, 2.24) is 20.3 Å². The number of carbonyl (C=O) groups is 1. The number of hydrogen-bond donors (Lipinski definition) is 1. The zero-order valence-electron chi connectivity index (χ0n) is 21.8. The zero-order chi connectivity index (χ0) is 26.3. The van der Waals surface area contributed by atoms with Gasteiger partial charge in [0.1, 0.15) is 11.6 Å². The van der Waals surface area contributed by atoms with Crippen LogP contribution in [0.25, 0.3) is 0 Å². The first-order chi connectivity index (χ1) is 17.8. The van der Waals surface area contributed by atoms with Gasteiger partial charge in [-0.05, 0) is 29.8 Å². The van der Waals surface area contributed by atoms with Crippen LogP contribution in [0, 0.1) is 0 Å². The van der Waals surface area contributed by atoms with Crippen LogP contribution in [-0.2, 0) is 24.1 Å². The predicted molar refractivity (Wildman–Crippen MR) is 148 cm³/mol. The molecule has 0 fully saturated rings. The van der Waals surface area contributed by atoms with Gasteiger partial charge in [-0.2, -0.15) is 0 Å². The van der Waals surface area contributed by atoms with Crippen LogP contribution in [0.5, 0.6) is 0 Å². The maximum atomic E-state index is 12.5. The number of carbonyl (C=O) groups excluding carboxylic acids is 1. The molecule has 3 aromatic heterocycles. The first-order valence-corrected chi connectivity index (χ1v) is 13.3. The molecule has 1 N–H and O–H groups in total. The fourth-order valence-electron chi connectivity index (χ4n) is 3.65. The van der Waals surface area contributed by atoms with Gasteiger partial charge in [-0.1, -0.05) is 68.9 Å². The summed E-state index contributed by atoms with van der Waals surface area (Å²) < 4.78 is 5.81. The van der Waals surface area contributed by atoms with Crippen LogP contribution in [0.4, 0.5) is 5.82 Å². The van der Waals surface area contributed by atoms with E-state index in [2.05, 4.69) is 54.2 Å². The summed E-state index contributed by atoms with van der Waals surface area (Å²) in [6.07, 6.45) is 2.41. The van der Waals surface area contributed by atoms with Crippen LogP contribution in [0.1, 0.15) is 54.0 Å². The van der Waals surface area contributed by atoms with Gasteiger partial charge in [0.15, 0.2) is 10.9 Å². The summed E-state index contributed by atoms with van der Waals surface area (Å²) in [7, 11) is 2.04. The topological polar surface area (TPSA) is 84.2 Å². The van der Waals surface area contributed by atoms with Crippen molar-refractivity contribution >= 4 is 23.5 Å². The normalized spacial score (nSPS) is 11.4. The second-order valence-corrected chi connectivity index (χ2v) is 10.8. The minimum atomic E-state index is -0.233. The Labute approximate surface area is 222 Å². The van der Waals surface area contributed by atoms with Crippen molar-refractivity contribution < 1.29 is 9.21 Å². The number of rotatable bonds is 10. The van der Waals surface area contributed by atoms with Gasteiger partial charge in [0.05, 0.1) is 11.4 Å². The van der Waals surface area contributed by atoms with Crippen LogP contribution < -0.4 is 10.2 Å². The number of hydrogen-bond acceptors (Lipinski definition) is 7. The number of pyridine rings is 1. The van der Waals surface area contributed by atoms with E-state index in [9.17, 15) is 4.79 Å². The molecule has 0 aliphatic heterocycles. The van der Waals surface area contributed by atoms with Gasteiger partial charge in [0.25, 0.3) is 5.91 Å². The first kappa shape index (κ1) is 26.4. The molecule has 0 aliphatic carbocycles. The highest BCUT2D eigenvalue weighted by Gasteiger charge is 2.20. The Hall–Kier alpha value is -3.65. The van der Waals surface area contributed by atoms with Crippen LogP contribution in [0.2, 0.25) is 0 Å². The molecule has 0 unspecified atom stereocenters. The summed E-state index contributed by atoms with van der Waals surface area (Å²) >= 11 is 1.50. The van der Waals surface area contributed by atoms with Gasteiger partial charge in [-0.3, -0.25) is 9.78 Å². The average molecular weight is 516 g/mol. The minimum absolute atomic E-state index is 0.119. The standard InChI is InChI=1S/C29H33N5O2S/c1-29(2,3)25-18-26(34(4)19-21-10-6-5-7-11-21)33-28(32-25)37-20-23-13-14-24(36-23)27(35)31-17-15-22-12-8-9-16-30-22/h5-14,16,18H,15,17,19-20H2,1-4H3,(H,31,35). The second kappa shape index (κ2) is 12.1. The molecule has 8 heteroatoms. The number of benzene rings is 1. The Kier molecular flexibility index (Phi) is 8.61. The molecule has 4 rings (SSSR count). The van der Waals surface area contributed by atoms with E-state index in [4.69, 9.17) is 14.4 Å². The largest absolute Gasteiger partial charge is 0.455 e. The molecule has 0 bridgehead atoms. The third kappa shape index (κ3) is 7.67. The van der Waals surface area contributed by atoms with E-state index in [0.29, 0.717) is 35.4 Å². The van der Waals surface area contributed by atoms with Crippen LogP contribution in [0.15, 0.2) is 82.5 Å². The van der Waals surface area contributed by atoms with Crippen molar-refractivity contribution in [2.75, 3.05) is 18.5 Å². The van der Waals surface area contributed by atoms with E-state index < -0.39 is 0 Å². The number of anilines is 1. The van der Waals surface area contributed by atoms with Crippen LogP contribution in [0.3, 0.4) is 0 Å². The van der Waals surface area contributed by atoms with Gasteiger partial charge in [-0.15, -0.1) is 0 Å². The van der Waals surface area contributed by atoms with E-state index >= 15 is 0 Å². The highest BCUT2D eigenvalue weighted by molar-refractivity contribution is 7.98. The molecular formula is C29H33N5O2S. The van der Waals surface area contributed by atoms with Crippen molar-refractivity contribution in [2.24, 2.45) is 0 Å². The average Bonchev–Trinajstić information content (AvgIpc) is 3.37. The molecule has 37 heavy (non-hydrogen) atoms. The minimum Gasteiger partial charge on any atom is -0.455 e. The molecule has 192 valence electrons. The molecule has 3 heterocycles. The molecule has 0 radical (unpaired) electrons. The summed E-state index contributed by atoms with van der Waals surface area (Å²) in [6, 6.07) is 21.7. The summed E-state index contributed by atoms with van der Waals surface area (Å²) in [6.45, 7) is 7.69. The molecule has 4 aromatic rings. The van der Waals surface area contributed by atoms with Gasteiger partial charge in [0, 0.05) is 49.9 Å². The van der Waals surface area contributed by atoms with Crippen LogP contribution >= 0.6 is 11.8 Å². The Morgan fingerprint density at radius 2 is 1.81 bits per heavy atom. The fraction of sp³-hybridized carbons (Fsp3) is 0.310. The molecule has 0 atom stereocenters. The third-order valence-corrected chi connectivity index (χ3v) is 6.61. The smallest absolute Gasteiger partial charge is 0.287 e. The lowest BCUT2D eigenvalue weighted by molar-refractivity contribution is 0.0925. The van der Waals surface area contributed by atoms with E-state index in [0.717, 1.165) is 23.8 Å². The van der Waals surface area contributed by atoms with Gasteiger partial charge in [-0.25, -0.2) is 9.97 Å². The summed E-state index contributed by atoms with van der Waals surface area (Å²) in [4.78, 5) is 28.5. The predicted octanol–water partition coefficient (Wildman–Crippen LogP) is 5.66. The first-order valence-electron chi connectivity index (χ1n) is 12.3. The van der Waals surface area contributed by atoms with Crippen molar-refractivity contribution in [3.05, 3.63) is 101 Å². The third-order valence-electron chi connectivity index (χ3n) is 5.74. The fourth-order valence-corrected chi connectivity index (χ4v) is 4.39. The highest BCUT2D eigenvalue weighted by atomic mass is 32.2. The Balaban J connectivity index is 1.39. The van der Waals surface area contributed by atoms with Gasteiger partial charge < -0.3 is 14.6 Å². The quantitative estimate of drug-likeness (QED) is 0.215. The van der Waals surface area contributed by atoms with Crippen molar-refractivity contribution in [1.29, 1.82) is 0 Å². The van der Waals surface area contributed by atoms with Crippen molar-refractivity contribution in [3.8, 4) is 0 Å². The molecule has 0 saturated heterocycles. The zero-order valence-corrected chi connectivity index (χ0v) is 22.6. The van der Waals surface area contributed by atoms with Gasteiger partial charge >= 0.3 is 0 Å². The lowest BCUT2D eigenvalue weighted by Crippen LogP contribution is -2.25. The van der Waals surface area contributed by atoms with E-state index in [1.54, 1.807) is 12.3 Å². The Morgan fingerprint density at radius 3 is 2.54 bits per heavy atom. The summed E-state index contributed by atoms with van der Waals surface area (Å²) in [5.74, 6) is 2.16. The number of nitrogens with zero attached hydrogens (tertiary/aromatic N) is 4. The molecule has 1 amide bonds. The van der Waals surface area contributed by atoms with E-state index in [1.807, 2.05) is 49.5 Å². The SMILES string of the molecule is CN(Cc1ccccc1)c1cc(C(C)(C)C)nc(SCc2ccc(C(=O)NCCc3ccccn3)o2)n1. The highest BCUT2D eigenvalue weighted by Crippen LogP contribution is 2.29. The van der Waals surface area contributed by atoms with E-state index in [-0.39, 0.29) is 11.3 Å². The number of amides is 1. The lowest BCUT2D eigenvalue weighted by Gasteiger charge is -2.23. The maximum absolute atomic E-state index is 12.5. The van der Waals surface area contributed by atoms with Crippen LogP contribution in [-0.4, -0.2) is 34.5 Å². The lowest BCUT2D eigenvalue weighted by atomic mass is 9.92. The summed E-state index contributed by atoms with van der Waals surface area (Å²) in [5.41, 5.74) is 3.01.